The van der Waals surface area contributed by atoms with Crippen molar-refractivity contribution in [3.05, 3.63) is 35.4 Å². The Balaban J connectivity index is 0.00000256. The summed E-state index contributed by atoms with van der Waals surface area (Å²) in [6, 6.07) is 8.21. The molecule has 1 aromatic carbocycles. The largest absolute Gasteiger partial charge is 0.352 e. The van der Waals surface area contributed by atoms with Crippen molar-refractivity contribution in [1.82, 2.24) is 10.6 Å². The van der Waals surface area contributed by atoms with E-state index in [0.29, 0.717) is 13.0 Å². The van der Waals surface area contributed by atoms with Crippen molar-refractivity contribution in [2.75, 3.05) is 13.6 Å². The smallest absolute Gasteiger partial charge is 0.221 e. The van der Waals surface area contributed by atoms with Gasteiger partial charge in [0, 0.05) is 19.5 Å². The van der Waals surface area contributed by atoms with Gasteiger partial charge in [-0.3, -0.25) is 4.79 Å². The minimum absolute atomic E-state index is 0. The summed E-state index contributed by atoms with van der Waals surface area (Å²) in [5.41, 5.74) is 2.51. The third-order valence-electron chi connectivity index (χ3n) is 2.58. The van der Waals surface area contributed by atoms with Crippen LogP contribution in [-0.2, 0) is 17.8 Å². The maximum absolute atomic E-state index is 11.4. The summed E-state index contributed by atoms with van der Waals surface area (Å²) in [6.45, 7) is 3.48. The van der Waals surface area contributed by atoms with Gasteiger partial charge in [-0.05, 0) is 24.6 Å². The molecule has 0 spiro atoms. The summed E-state index contributed by atoms with van der Waals surface area (Å²) in [5, 5.41) is 5.89. The molecule has 0 saturated heterocycles. The van der Waals surface area contributed by atoms with Gasteiger partial charge in [0.15, 0.2) is 0 Å². The maximum atomic E-state index is 11.4. The van der Waals surface area contributed by atoms with Gasteiger partial charge in [-0.1, -0.05) is 31.2 Å². The highest BCUT2D eigenvalue weighted by Crippen LogP contribution is 2.08. The van der Waals surface area contributed by atoms with Gasteiger partial charge >= 0.3 is 0 Å². The Hall–Kier alpha value is -1.06. The van der Waals surface area contributed by atoms with Crippen molar-refractivity contribution in [1.29, 1.82) is 0 Å². The molecule has 0 bridgehead atoms. The number of benzene rings is 1. The number of hydrogen-bond acceptors (Lipinski definition) is 2. The minimum atomic E-state index is 0. The lowest BCUT2D eigenvalue weighted by molar-refractivity contribution is -0.121. The molecule has 0 aliphatic rings. The van der Waals surface area contributed by atoms with Crippen LogP contribution in [0, 0.1) is 0 Å². The molecule has 0 atom stereocenters. The molecule has 0 fully saturated rings. The van der Waals surface area contributed by atoms with Crippen LogP contribution in [0.1, 0.15) is 24.5 Å². The van der Waals surface area contributed by atoms with Crippen molar-refractivity contribution >= 4 is 18.3 Å². The number of halogens is 1. The minimum Gasteiger partial charge on any atom is -0.352 e. The Morgan fingerprint density at radius 3 is 2.47 bits per heavy atom. The van der Waals surface area contributed by atoms with Crippen molar-refractivity contribution < 1.29 is 4.79 Å². The quantitative estimate of drug-likeness (QED) is 0.816. The van der Waals surface area contributed by atoms with Crippen LogP contribution >= 0.6 is 12.4 Å². The van der Waals surface area contributed by atoms with Crippen LogP contribution in [0.4, 0.5) is 0 Å². The molecule has 3 nitrogen and oxygen atoms in total. The number of carbonyl (C=O) groups excluding carboxylic acids is 1. The van der Waals surface area contributed by atoms with E-state index < -0.39 is 0 Å². The molecular weight excluding hydrogens is 236 g/mol. The van der Waals surface area contributed by atoms with Crippen molar-refractivity contribution in [2.24, 2.45) is 0 Å². The zero-order valence-corrected chi connectivity index (χ0v) is 11.3. The first-order chi connectivity index (χ1) is 7.77. The molecule has 0 aromatic heterocycles. The average molecular weight is 257 g/mol. The number of carbonyl (C=O) groups is 1. The predicted molar refractivity (Wildman–Crippen MR) is 73.5 cm³/mol. The van der Waals surface area contributed by atoms with E-state index in [2.05, 4.69) is 29.7 Å². The van der Waals surface area contributed by atoms with Gasteiger partial charge in [0.05, 0.1) is 0 Å². The maximum Gasteiger partial charge on any atom is 0.221 e. The Bertz CT molecular complexity index is 342. The second-order valence-electron chi connectivity index (χ2n) is 3.75. The highest BCUT2D eigenvalue weighted by Gasteiger charge is 2.02. The van der Waals surface area contributed by atoms with E-state index in [1.807, 2.05) is 19.2 Å². The van der Waals surface area contributed by atoms with Gasteiger partial charge in [-0.15, -0.1) is 12.4 Å². The zero-order valence-electron chi connectivity index (χ0n) is 10.5. The molecule has 17 heavy (non-hydrogen) atoms. The monoisotopic (exact) mass is 256 g/mol. The zero-order chi connectivity index (χ0) is 11.8. The second kappa shape index (κ2) is 9.02. The summed E-state index contributed by atoms with van der Waals surface area (Å²) in [7, 11) is 1.85. The molecule has 1 aromatic rings. The number of aryl methyl sites for hydroxylation is 1. The second-order valence-corrected chi connectivity index (χ2v) is 3.75. The molecule has 0 aliphatic heterocycles. The lowest BCUT2D eigenvalue weighted by Crippen LogP contribution is -2.26. The van der Waals surface area contributed by atoms with Crippen molar-refractivity contribution in [3.8, 4) is 0 Å². The first-order valence-corrected chi connectivity index (χ1v) is 5.76. The Kier molecular flexibility index (Phi) is 8.46. The topological polar surface area (TPSA) is 41.1 Å². The Labute approximate surface area is 109 Å². The predicted octanol–water partition coefficient (Wildman–Crippen LogP) is 1.90. The lowest BCUT2D eigenvalue weighted by atomic mass is 10.1. The normalized spacial score (nSPS) is 9.53. The third-order valence-corrected chi connectivity index (χ3v) is 2.58. The summed E-state index contributed by atoms with van der Waals surface area (Å²) < 4.78 is 0. The van der Waals surface area contributed by atoms with Crippen LogP contribution < -0.4 is 10.6 Å². The van der Waals surface area contributed by atoms with E-state index in [4.69, 9.17) is 0 Å². The van der Waals surface area contributed by atoms with Crippen LogP contribution in [0.2, 0.25) is 0 Å². The van der Waals surface area contributed by atoms with Gasteiger partial charge in [-0.2, -0.15) is 0 Å². The first kappa shape index (κ1) is 15.9. The molecule has 1 rings (SSSR count). The van der Waals surface area contributed by atoms with Crippen molar-refractivity contribution in [3.63, 3.8) is 0 Å². The van der Waals surface area contributed by atoms with Crippen LogP contribution in [-0.4, -0.2) is 19.5 Å². The summed E-state index contributed by atoms with van der Waals surface area (Å²) in [5.74, 6) is 0.0975. The number of hydrogen-bond donors (Lipinski definition) is 2. The fourth-order valence-electron chi connectivity index (χ4n) is 1.60. The van der Waals surface area contributed by atoms with Crippen LogP contribution in [0.15, 0.2) is 24.3 Å². The SMILES string of the molecule is CCc1ccccc1CNC(=O)CCNC.Cl. The molecule has 1 amide bonds. The summed E-state index contributed by atoms with van der Waals surface area (Å²) >= 11 is 0. The van der Waals surface area contributed by atoms with Crippen LogP contribution in [0.5, 0.6) is 0 Å². The molecule has 0 heterocycles. The van der Waals surface area contributed by atoms with Gasteiger partial charge in [-0.25, -0.2) is 0 Å². The lowest BCUT2D eigenvalue weighted by Gasteiger charge is -2.09. The van der Waals surface area contributed by atoms with Crippen LogP contribution in [0.25, 0.3) is 0 Å². The van der Waals surface area contributed by atoms with Crippen LogP contribution in [0.3, 0.4) is 0 Å². The van der Waals surface area contributed by atoms with E-state index in [-0.39, 0.29) is 18.3 Å². The summed E-state index contributed by atoms with van der Waals surface area (Å²) in [6.07, 6.45) is 1.54. The highest BCUT2D eigenvalue weighted by molar-refractivity contribution is 5.85. The molecular formula is C13H21ClN2O. The van der Waals surface area contributed by atoms with Gasteiger partial charge in [0.25, 0.3) is 0 Å². The Morgan fingerprint density at radius 1 is 1.24 bits per heavy atom. The summed E-state index contributed by atoms with van der Waals surface area (Å²) in [4.78, 5) is 11.4. The molecule has 0 saturated carbocycles. The number of amides is 1. The standard InChI is InChI=1S/C13H20N2O.ClH/c1-3-11-6-4-5-7-12(11)10-15-13(16)8-9-14-2;/h4-7,14H,3,8-10H2,1-2H3,(H,15,16);1H. The third kappa shape index (κ3) is 5.71. The molecule has 0 unspecified atom stereocenters. The molecule has 2 N–H and O–H groups in total. The van der Waals surface area contributed by atoms with Crippen molar-refractivity contribution in [2.45, 2.75) is 26.3 Å². The Morgan fingerprint density at radius 2 is 1.88 bits per heavy atom. The van der Waals surface area contributed by atoms with E-state index >= 15 is 0 Å². The highest BCUT2D eigenvalue weighted by atomic mass is 35.5. The first-order valence-electron chi connectivity index (χ1n) is 5.76. The molecule has 0 radical (unpaired) electrons. The fourth-order valence-corrected chi connectivity index (χ4v) is 1.60. The number of nitrogens with one attached hydrogen (secondary N) is 2. The average Bonchev–Trinajstić information content (AvgIpc) is 2.34. The van der Waals surface area contributed by atoms with Gasteiger partial charge in [0.2, 0.25) is 5.91 Å². The molecule has 96 valence electrons. The van der Waals surface area contributed by atoms with E-state index in [0.717, 1.165) is 13.0 Å². The number of rotatable bonds is 6. The molecule has 0 aliphatic carbocycles. The van der Waals surface area contributed by atoms with Gasteiger partial charge in [0.1, 0.15) is 0 Å². The molecule has 4 heteroatoms. The van der Waals surface area contributed by atoms with E-state index in [1.54, 1.807) is 0 Å². The van der Waals surface area contributed by atoms with E-state index in [9.17, 15) is 4.79 Å². The fraction of sp³-hybridized carbons (Fsp3) is 0.462. The van der Waals surface area contributed by atoms with E-state index in [1.165, 1.54) is 11.1 Å². The van der Waals surface area contributed by atoms with Gasteiger partial charge < -0.3 is 10.6 Å².